The van der Waals surface area contributed by atoms with Crippen LogP contribution in [0.4, 0.5) is 0 Å². The summed E-state index contributed by atoms with van der Waals surface area (Å²) in [6.45, 7) is 0. The summed E-state index contributed by atoms with van der Waals surface area (Å²) in [4.78, 5) is 6.12. The summed E-state index contributed by atoms with van der Waals surface area (Å²) < 4.78 is 0. The van der Waals surface area contributed by atoms with Crippen LogP contribution in [0, 0.1) is 10.8 Å². The number of nitrogens with one attached hydrogen (secondary N) is 2. The maximum atomic E-state index is 8.66. The first-order chi connectivity index (χ1) is 4.61. The molecule has 0 aromatic rings. The minimum atomic E-state index is -0.696. The molecule has 0 amide bonds. The highest BCUT2D eigenvalue weighted by Gasteiger charge is 2.17. The molecule has 1 heterocycles. The van der Waals surface area contributed by atoms with E-state index in [-0.39, 0.29) is 0 Å². The number of amidine groups is 2. The molecule has 0 spiro atoms. The first kappa shape index (κ1) is 6.40. The van der Waals surface area contributed by atoms with Crippen molar-refractivity contribution in [3.63, 3.8) is 0 Å². The van der Waals surface area contributed by atoms with Gasteiger partial charge in [0.25, 0.3) is 0 Å². The standard InChI is InChI=1S/C4H4N4O2/c5-1-2(6)7-4(10)8-3(1)9/h5H,(H3,6,7,8,9,10). The highest BCUT2D eigenvalue weighted by atomic mass is 16.3. The third-order valence-electron chi connectivity index (χ3n) is 0.878. The van der Waals surface area contributed by atoms with Gasteiger partial charge in [0.2, 0.25) is 5.90 Å². The predicted octanol–water partition coefficient (Wildman–Crippen LogP) is -0.132. The Hall–Kier alpha value is -1.72. The molecule has 4 N–H and O–H groups in total. The topological polar surface area (TPSA) is 113 Å². The Morgan fingerprint density at radius 1 is 1.10 bits per heavy atom. The molecule has 1 aliphatic heterocycles. The summed E-state index contributed by atoms with van der Waals surface area (Å²) in [6, 6.07) is -0.696. The molecule has 1 rings (SSSR count). The summed E-state index contributed by atoms with van der Waals surface area (Å²) in [5.41, 5.74) is -0.488. The number of aliphatic hydroxyl groups excluding tert-OH is 2. The summed E-state index contributed by atoms with van der Waals surface area (Å²) in [5, 5.41) is 30.9. The van der Waals surface area contributed by atoms with E-state index in [0.717, 1.165) is 0 Å². The van der Waals surface area contributed by atoms with Gasteiger partial charge in [0, 0.05) is 0 Å². The second-order valence-corrected chi connectivity index (χ2v) is 1.57. The highest BCUT2D eigenvalue weighted by molar-refractivity contribution is 6.66. The zero-order valence-corrected chi connectivity index (χ0v) is 4.79. The van der Waals surface area contributed by atoms with Crippen molar-refractivity contribution >= 4 is 23.5 Å². The molecule has 52 valence electrons. The van der Waals surface area contributed by atoms with Gasteiger partial charge in [-0.15, -0.1) is 0 Å². The molecule has 0 aromatic carbocycles. The molecule has 1 aliphatic rings. The Morgan fingerprint density at radius 2 is 1.70 bits per heavy atom. The molecule has 0 unspecified atom stereocenters. The SMILES string of the molecule is N=C1N=C(O)N=C(O)C1=N. The van der Waals surface area contributed by atoms with Crippen LogP contribution in [0.5, 0.6) is 0 Å². The van der Waals surface area contributed by atoms with Gasteiger partial charge in [-0.25, -0.2) is 0 Å². The van der Waals surface area contributed by atoms with Crippen LogP contribution in [0.1, 0.15) is 0 Å². The monoisotopic (exact) mass is 140 g/mol. The average molecular weight is 140 g/mol. The van der Waals surface area contributed by atoms with Crippen LogP contribution in [0.3, 0.4) is 0 Å². The molecule has 10 heavy (non-hydrogen) atoms. The van der Waals surface area contributed by atoms with E-state index >= 15 is 0 Å². The van der Waals surface area contributed by atoms with Gasteiger partial charge in [0.05, 0.1) is 0 Å². The zero-order chi connectivity index (χ0) is 7.72. The van der Waals surface area contributed by atoms with Crippen molar-refractivity contribution in [1.29, 1.82) is 10.8 Å². The molecule has 6 nitrogen and oxygen atoms in total. The van der Waals surface area contributed by atoms with Crippen molar-refractivity contribution in [2.75, 3.05) is 0 Å². The van der Waals surface area contributed by atoms with Gasteiger partial charge >= 0.3 is 6.02 Å². The minimum absolute atomic E-state index is 0.488. The highest BCUT2D eigenvalue weighted by Crippen LogP contribution is 1.93. The number of aliphatic imine (C=N–C) groups is 2. The van der Waals surface area contributed by atoms with E-state index in [9.17, 15) is 0 Å². The summed E-state index contributed by atoms with van der Waals surface area (Å²) >= 11 is 0. The van der Waals surface area contributed by atoms with E-state index in [1.807, 2.05) is 0 Å². The number of rotatable bonds is 0. The van der Waals surface area contributed by atoms with Gasteiger partial charge in [-0.05, 0) is 0 Å². The number of hydrogen-bond donors (Lipinski definition) is 4. The fourth-order valence-electron chi connectivity index (χ4n) is 0.437. The van der Waals surface area contributed by atoms with Crippen molar-refractivity contribution in [1.82, 2.24) is 0 Å². The van der Waals surface area contributed by atoms with Crippen LogP contribution >= 0.6 is 0 Å². The molecular weight excluding hydrogens is 136 g/mol. The summed E-state index contributed by atoms with van der Waals surface area (Å²) in [7, 11) is 0. The lowest BCUT2D eigenvalue weighted by atomic mass is 10.3. The van der Waals surface area contributed by atoms with E-state index < -0.39 is 23.5 Å². The molecule has 0 atom stereocenters. The van der Waals surface area contributed by atoms with Gasteiger partial charge in [0.1, 0.15) is 0 Å². The zero-order valence-electron chi connectivity index (χ0n) is 4.79. The Balaban J connectivity index is 3.07. The van der Waals surface area contributed by atoms with Crippen LogP contribution in [0.2, 0.25) is 0 Å². The first-order valence-electron chi connectivity index (χ1n) is 2.34. The molecular formula is C4H4N4O2. The lowest BCUT2D eigenvalue weighted by Crippen LogP contribution is -2.26. The van der Waals surface area contributed by atoms with Gasteiger partial charge in [-0.1, -0.05) is 0 Å². The van der Waals surface area contributed by atoms with Crippen LogP contribution < -0.4 is 0 Å². The lowest BCUT2D eigenvalue weighted by Gasteiger charge is -2.03. The van der Waals surface area contributed by atoms with Gasteiger partial charge in [-0.2, -0.15) is 9.98 Å². The lowest BCUT2D eigenvalue weighted by molar-refractivity contribution is 0.529. The van der Waals surface area contributed by atoms with Crippen molar-refractivity contribution in [2.45, 2.75) is 0 Å². The maximum absolute atomic E-state index is 8.66. The van der Waals surface area contributed by atoms with Crippen LogP contribution in [-0.2, 0) is 0 Å². The van der Waals surface area contributed by atoms with E-state index in [1.165, 1.54) is 0 Å². The Labute approximate surface area is 55.6 Å². The molecule has 6 heteroatoms. The minimum Gasteiger partial charge on any atom is -0.492 e. The Bertz CT molecular complexity index is 262. The number of aliphatic hydroxyl groups is 2. The van der Waals surface area contributed by atoms with E-state index in [2.05, 4.69) is 9.98 Å². The van der Waals surface area contributed by atoms with Crippen molar-refractivity contribution < 1.29 is 10.2 Å². The average Bonchev–Trinajstić information content (AvgIpc) is 1.82. The summed E-state index contributed by atoms with van der Waals surface area (Å²) in [5.74, 6) is -1.18. The van der Waals surface area contributed by atoms with Crippen molar-refractivity contribution in [2.24, 2.45) is 9.98 Å². The largest absolute Gasteiger partial charge is 0.492 e. The fourth-order valence-corrected chi connectivity index (χ4v) is 0.437. The normalized spacial score (nSPS) is 18.4. The van der Waals surface area contributed by atoms with Crippen LogP contribution in [0.25, 0.3) is 0 Å². The first-order valence-corrected chi connectivity index (χ1v) is 2.34. The molecule has 0 bridgehead atoms. The van der Waals surface area contributed by atoms with Gasteiger partial charge < -0.3 is 10.2 Å². The Morgan fingerprint density at radius 3 is 2.20 bits per heavy atom. The third kappa shape index (κ3) is 0.859. The van der Waals surface area contributed by atoms with Crippen LogP contribution in [-0.4, -0.2) is 33.7 Å². The fraction of sp³-hybridized carbons (Fsp3) is 0. The number of nitrogens with zero attached hydrogens (tertiary/aromatic N) is 2. The smallest absolute Gasteiger partial charge is 0.319 e. The molecule has 0 saturated heterocycles. The quantitative estimate of drug-likeness (QED) is 0.375. The molecule has 0 radical (unpaired) electrons. The molecule has 0 aliphatic carbocycles. The molecule has 0 saturated carbocycles. The van der Waals surface area contributed by atoms with Crippen LogP contribution in [0.15, 0.2) is 9.98 Å². The van der Waals surface area contributed by atoms with Crippen molar-refractivity contribution in [3.05, 3.63) is 0 Å². The second-order valence-electron chi connectivity index (χ2n) is 1.57. The van der Waals surface area contributed by atoms with Crippen molar-refractivity contribution in [3.8, 4) is 0 Å². The number of hydrogen-bond acceptors (Lipinski definition) is 3. The van der Waals surface area contributed by atoms with E-state index in [1.54, 1.807) is 0 Å². The summed E-state index contributed by atoms with van der Waals surface area (Å²) in [6.07, 6.45) is 0. The van der Waals surface area contributed by atoms with E-state index in [0.29, 0.717) is 0 Å². The van der Waals surface area contributed by atoms with Gasteiger partial charge in [0.15, 0.2) is 11.5 Å². The molecule has 0 fully saturated rings. The molecule has 0 aromatic heterocycles. The maximum Gasteiger partial charge on any atom is 0.319 e. The predicted molar refractivity (Wildman–Crippen MR) is 35.6 cm³/mol. The second kappa shape index (κ2) is 1.90. The third-order valence-corrected chi connectivity index (χ3v) is 0.878. The van der Waals surface area contributed by atoms with E-state index in [4.69, 9.17) is 21.0 Å². The Kier molecular flexibility index (Phi) is 1.22. The van der Waals surface area contributed by atoms with Gasteiger partial charge in [-0.3, -0.25) is 10.8 Å².